The lowest BCUT2D eigenvalue weighted by Crippen LogP contribution is -2.07. The predicted octanol–water partition coefficient (Wildman–Crippen LogP) is 2.37. The van der Waals surface area contributed by atoms with E-state index in [-0.39, 0.29) is 10.7 Å². The number of rotatable bonds is 3. The van der Waals surface area contributed by atoms with Gasteiger partial charge in [-0.05, 0) is 18.2 Å². The monoisotopic (exact) mass is 226 g/mol. The van der Waals surface area contributed by atoms with Crippen LogP contribution >= 0.6 is 11.6 Å². The second kappa shape index (κ2) is 4.56. The molecule has 0 saturated heterocycles. The number of hydrogen-bond acceptors (Lipinski definition) is 3. The summed E-state index contributed by atoms with van der Waals surface area (Å²) in [5, 5.41) is 12.9. The molecule has 0 unspecified atom stereocenters. The number of halogens is 1. The average molecular weight is 227 g/mol. The van der Waals surface area contributed by atoms with Crippen molar-refractivity contribution in [2.75, 3.05) is 5.32 Å². The molecule has 15 heavy (non-hydrogen) atoms. The average Bonchev–Trinajstić information content (AvgIpc) is 2.20. The Morgan fingerprint density at radius 1 is 1.60 bits per heavy atom. The van der Waals surface area contributed by atoms with Crippen LogP contribution in [0.25, 0.3) is 0 Å². The third-order valence-electron chi connectivity index (χ3n) is 1.60. The largest absolute Gasteiger partial charge is 0.322 e. The van der Waals surface area contributed by atoms with Crippen molar-refractivity contribution in [3.8, 4) is 0 Å². The summed E-state index contributed by atoms with van der Waals surface area (Å²) in [4.78, 5) is 20.8. The summed E-state index contributed by atoms with van der Waals surface area (Å²) in [5.41, 5.74) is 0.0505. The first-order valence-electron chi connectivity index (χ1n) is 3.92. The minimum absolute atomic E-state index is 0.0246. The first-order chi connectivity index (χ1) is 7.04. The molecule has 0 atom stereocenters. The van der Waals surface area contributed by atoms with Gasteiger partial charge in [-0.3, -0.25) is 14.9 Å². The van der Waals surface area contributed by atoms with Crippen molar-refractivity contribution in [3.05, 3.63) is 46.0 Å². The van der Waals surface area contributed by atoms with E-state index in [4.69, 9.17) is 11.6 Å². The summed E-state index contributed by atoms with van der Waals surface area (Å²) < 4.78 is 0. The third kappa shape index (κ3) is 2.78. The van der Waals surface area contributed by atoms with Crippen LogP contribution < -0.4 is 5.32 Å². The molecule has 0 aliphatic rings. The lowest BCUT2D eigenvalue weighted by molar-refractivity contribution is -0.384. The topological polar surface area (TPSA) is 72.2 Å². The molecule has 6 heteroatoms. The van der Waals surface area contributed by atoms with Gasteiger partial charge in [0.15, 0.2) is 0 Å². The molecular formula is C9H7ClN2O3. The number of amides is 1. The summed E-state index contributed by atoms with van der Waals surface area (Å²) in [7, 11) is 0. The summed E-state index contributed by atoms with van der Waals surface area (Å²) in [5.74, 6) is -0.438. The Balaban J connectivity index is 3.02. The van der Waals surface area contributed by atoms with Crippen LogP contribution in [0.3, 0.4) is 0 Å². The maximum absolute atomic E-state index is 10.9. The Labute approximate surface area is 90.5 Å². The van der Waals surface area contributed by atoms with Crippen LogP contribution in [0.15, 0.2) is 30.9 Å². The lowest BCUT2D eigenvalue weighted by Gasteiger charge is -2.02. The number of carbonyl (C=O) groups excluding carboxylic acids is 1. The third-order valence-corrected chi connectivity index (χ3v) is 1.92. The van der Waals surface area contributed by atoms with Gasteiger partial charge in [-0.1, -0.05) is 18.2 Å². The molecule has 1 rings (SSSR count). The van der Waals surface area contributed by atoms with Gasteiger partial charge in [0, 0.05) is 11.8 Å². The summed E-state index contributed by atoms with van der Waals surface area (Å²) in [6, 6.07) is 4.00. The normalized spacial score (nSPS) is 9.40. The van der Waals surface area contributed by atoms with Gasteiger partial charge >= 0.3 is 0 Å². The highest BCUT2D eigenvalue weighted by molar-refractivity contribution is 6.32. The SMILES string of the molecule is C=CC(=O)Nc1ccc(Cl)c([N+](=O)[O-])c1. The molecule has 1 N–H and O–H groups in total. The molecule has 0 fully saturated rings. The zero-order chi connectivity index (χ0) is 11.4. The molecule has 0 radical (unpaired) electrons. The predicted molar refractivity (Wildman–Crippen MR) is 56.9 cm³/mol. The zero-order valence-corrected chi connectivity index (χ0v) is 8.32. The summed E-state index contributed by atoms with van der Waals surface area (Å²) in [6.07, 6.45) is 1.07. The molecule has 0 aliphatic heterocycles. The van der Waals surface area contributed by atoms with E-state index in [0.29, 0.717) is 5.69 Å². The van der Waals surface area contributed by atoms with Gasteiger partial charge in [-0.2, -0.15) is 0 Å². The van der Waals surface area contributed by atoms with Gasteiger partial charge in [0.05, 0.1) is 4.92 Å². The molecule has 0 heterocycles. The van der Waals surface area contributed by atoms with E-state index < -0.39 is 10.8 Å². The second-order valence-corrected chi connectivity index (χ2v) is 3.02. The number of anilines is 1. The van der Waals surface area contributed by atoms with E-state index >= 15 is 0 Å². The molecule has 78 valence electrons. The number of carbonyl (C=O) groups is 1. The standard InChI is InChI=1S/C9H7ClN2O3/c1-2-9(13)11-6-3-4-7(10)8(5-6)12(14)15/h2-5H,1H2,(H,11,13). The van der Waals surface area contributed by atoms with Crippen molar-refractivity contribution >= 4 is 28.9 Å². The van der Waals surface area contributed by atoms with Gasteiger partial charge in [0.1, 0.15) is 5.02 Å². The highest BCUT2D eigenvalue weighted by Gasteiger charge is 2.12. The highest BCUT2D eigenvalue weighted by Crippen LogP contribution is 2.27. The molecule has 0 aliphatic carbocycles. The fourth-order valence-corrected chi connectivity index (χ4v) is 1.11. The lowest BCUT2D eigenvalue weighted by atomic mass is 10.3. The van der Waals surface area contributed by atoms with E-state index in [0.717, 1.165) is 6.08 Å². The van der Waals surface area contributed by atoms with Crippen molar-refractivity contribution in [2.45, 2.75) is 0 Å². The maximum Gasteiger partial charge on any atom is 0.289 e. The van der Waals surface area contributed by atoms with E-state index in [2.05, 4.69) is 11.9 Å². The molecule has 0 saturated carbocycles. The van der Waals surface area contributed by atoms with Crippen molar-refractivity contribution in [1.82, 2.24) is 0 Å². The number of benzene rings is 1. The van der Waals surface area contributed by atoms with Crippen LogP contribution in [0.2, 0.25) is 5.02 Å². The Kier molecular flexibility index (Phi) is 3.41. The van der Waals surface area contributed by atoms with Crippen LogP contribution in [0.5, 0.6) is 0 Å². The fourth-order valence-electron chi connectivity index (χ4n) is 0.924. The Hall–Kier alpha value is -1.88. The smallest absolute Gasteiger partial charge is 0.289 e. The van der Waals surface area contributed by atoms with Gasteiger partial charge in [-0.25, -0.2) is 0 Å². The van der Waals surface area contributed by atoms with E-state index in [9.17, 15) is 14.9 Å². The van der Waals surface area contributed by atoms with Crippen molar-refractivity contribution < 1.29 is 9.72 Å². The van der Waals surface area contributed by atoms with Crippen LogP contribution in [-0.2, 0) is 4.79 Å². The summed E-state index contributed by atoms with van der Waals surface area (Å²) >= 11 is 5.59. The fraction of sp³-hybridized carbons (Fsp3) is 0. The number of hydrogen-bond donors (Lipinski definition) is 1. The number of nitro benzene ring substituents is 1. The molecule has 5 nitrogen and oxygen atoms in total. The molecule has 1 aromatic carbocycles. The van der Waals surface area contributed by atoms with E-state index in [1.54, 1.807) is 0 Å². The number of nitrogens with one attached hydrogen (secondary N) is 1. The maximum atomic E-state index is 10.9. The Morgan fingerprint density at radius 3 is 2.80 bits per heavy atom. The second-order valence-electron chi connectivity index (χ2n) is 2.62. The van der Waals surface area contributed by atoms with E-state index in [1.165, 1.54) is 18.2 Å². The molecule has 0 aromatic heterocycles. The summed E-state index contributed by atoms with van der Waals surface area (Å²) in [6.45, 7) is 3.26. The van der Waals surface area contributed by atoms with Crippen molar-refractivity contribution in [3.63, 3.8) is 0 Å². The molecular weight excluding hydrogens is 220 g/mol. The molecule has 1 aromatic rings. The highest BCUT2D eigenvalue weighted by atomic mass is 35.5. The van der Waals surface area contributed by atoms with Gasteiger partial charge < -0.3 is 5.32 Å². The molecule has 0 bridgehead atoms. The van der Waals surface area contributed by atoms with Crippen LogP contribution in [0.1, 0.15) is 0 Å². The number of nitrogens with zero attached hydrogens (tertiary/aromatic N) is 1. The Bertz CT molecular complexity index is 431. The quantitative estimate of drug-likeness (QED) is 0.489. The minimum atomic E-state index is -0.619. The molecule has 1 amide bonds. The van der Waals surface area contributed by atoms with Gasteiger partial charge in [0.2, 0.25) is 5.91 Å². The van der Waals surface area contributed by atoms with Crippen LogP contribution in [0, 0.1) is 10.1 Å². The van der Waals surface area contributed by atoms with Crippen molar-refractivity contribution in [1.29, 1.82) is 0 Å². The minimum Gasteiger partial charge on any atom is -0.322 e. The number of nitro groups is 1. The van der Waals surface area contributed by atoms with Crippen molar-refractivity contribution in [2.24, 2.45) is 0 Å². The molecule has 0 spiro atoms. The Morgan fingerprint density at radius 2 is 2.27 bits per heavy atom. The van der Waals surface area contributed by atoms with Crippen LogP contribution in [-0.4, -0.2) is 10.8 Å². The van der Waals surface area contributed by atoms with Gasteiger partial charge in [-0.15, -0.1) is 0 Å². The first-order valence-corrected chi connectivity index (χ1v) is 4.29. The van der Waals surface area contributed by atoms with E-state index in [1.807, 2.05) is 0 Å². The van der Waals surface area contributed by atoms with Crippen LogP contribution in [0.4, 0.5) is 11.4 Å². The first kappa shape index (κ1) is 11.2. The zero-order valence-electron chi connectivity index (χ0n) is 7.57. The van der Waals surface area contributed by atoms with Gasteiger partial charge in [0.25, 0.3) is 5.69 Å².